The van der Waals surface area contributed by atoms with E-state index in [0.29, 0.717) is 16.1 Å². The average molecular weight is 438 g/mol. The van der Waals surface area contributed by atoms with Crippen molar-refractivity contribution in [2.24, 2.45) is 5.10 Å². The fourth-order valence-corrected chi connectivity index (χ4v) is 3.40. The van der Waals surface area contributed by atoms with Gasteiger partial charge >= 0.3 is 0 Å². The zero-order valence-electron chi connectivity index (χ0n) is 12.9. The third-order valence-corrected chi connectivity index (χ3v) is 5.05. The van der Waals surface area contributed by atoms with Crippen LogP contribution in [0.15, 0.2) is 63.3 Å². The summed E-state index contributed by atoms with van der Waals surface area (Å²) >= 11 is 11.0. The minimum Gasteiger partial charge on any atom is -0.334 e. The number of aromatic nitrogens is 3. The van der Waals surface area contributed by atoms with Crippen LogP contribution in [0.5, 0.6) is 0 Å². The second-order valence-corrected chi connectivity index (χ2v) is 7.25. The molecule has 0 radical (unpaired) electrons. The predicted molar refractivity (Wildman–Crippen MR) is 107 cm³/mol. The molecule has 0 bridgehead atoms. The Balaban J connectivity index is 1.62. The molecule has 3 rings (SSSR count). The summed E-state index contributed by atoms with van der Waals surface area (Å²) in [6.07, 6.45) is 1.60. The summed E-state index contributed by atoms with van der Waals surface area (Å²) in [7, 11) is 0. The van der Waals surface area contributed by atoms with Crippen LogP contribution in [-0.4, -0.2) is 21.1 Å². The molecule has 9 heteroatoms. The number of hydrazone groups is 1. The molecular weight excluding hydrogens is 424 g/mol. The second kappa shape index (κ2) is 8.37. The van der Waals surface area contributed by atoms with E-state index in [-0.39, 0.29) is 0 Å². The van der Waals surface area contributed by atoms with Crippen LogP contribution in [-0.2, 0) is 5.75 Å². The average Bonchev–Trinajstić information content (AvgIpc) is 2.95. The van der Waals surface area contributed by atoms with E-state index in [1.165, 1.54) is 16.4 Å². The van der Waals surface area contributed by atoms with E-state index in [1.54, 1.807) is 12.3 Å². The van der Waals surface area contributed by atoms with Crippen LogP contribution in [0.4, 0.5) is 5.95 Å². The molecule has 0 saturated heterocycles. The molecule has 3 aromatic rings. The summed E-state index contributed by atoms with van der Waals surface area (Å²) in [4.78, 5) is 0. The number of thioether (sulfide) groups is 1. The number of benzene rings is 2. The first-order valence-corrected chi connectivity index (χ1v) is 9.40. The summed E-state index contributed by atoms with van der Waals surface area (Å²) in [6, 6.07) is 15.5. The molecule has 0 saturated carbocycles. The third-order valence-electron chi connectivity index (χ3n) is 3.19. The molecule has 1 heterocycles. The van der Waals surface area contributed by atoms with Crippen molar-refractivity contribution in [1.29, 1.82) is 0 Å². The van der Waals surface area contributed by atoms with Crippen LogP contribution < -0.4 is 11.3 Å². The summed E-state index contributed by atoms with van der Waals surface area (Å²) in [5.74, 6) is 7.09. The van der Waals surface area contributed by atoms with Gasteiger partial charge in [0, 0.05) is 20.8 Å². The Morgan fingerprint density at radius 3 is 2.88 bits per heavy atom. The van der Waals surface area contributed by atoms with Crippen molar-refractivity contribution in [3.63, 3.8) is 0 Å². The van der Waals surface area contributed by atoms with Crippen molar-refractivity contribution in [3.05, 3.63) is 69.2 Å². The van der Waals surface area contributed by atoms with Gasteiger partial charge < -0.3 is 5.84 Å². The smallest absolute Gasteiger partial charge is 0.264 e. The second-order valence-electron chi connectivity index (χ2n) is 4.99. The quantitative estimate of drug-likeness (QED) is 0.262. The van der Waals surface area contributed by atoms with Gasteiger partial charge in [0.15, 0.2) is 0 Å². The molecule has 0 fully saturated rings. The minimum atomic E-state index is 0.347. The first-order chi connectivity index (χ1) is 12.1. The number of hydrogen-bond donors (Lipinski definition) is 2. The molecule has 0 aliphatic heterocycles. The minimum absolute atomic E-state index is 0.347. The lowest BCUT2D eigenvalue weighted by Crippen LogP contribution is -2.13. The number of nitrogens with one attached hydrogen (secondary N) is 1. The molecule has 25 heavy (non-hydrogen) atoms. The number of nitrogen functional groups attached to an aromatic ring is 1. The topological polar surface area (TPSA) is 81.1 Å². The molecule has 1 aromatic heterocycles. The molecule has 0 aliphatic rings. The lowest BCUT2D eigenvalue weighted by atomic mass is 10.2. The summed E-state index contributed by atoms with van der Waals surface area (Å²) in [5.41, 5.74) is 4.73. The number of anilines is 1. The van der Waals surface area contributed by atoms with Crippen LogP contribution >= 0.6 is 39.3 Å². The fraction of sp³-hybridized carbons (Fsp3) is 0.0625. The zero-order valence-corrected chi connectivity index (χ0v) is 16.1. The van der Waals surface area contributed by atoms with E-state index >= 15 is 0 Å². The monoisotopic (exact) mass is 436 g/mol. The standard InChI is InChI=1S/C16H14BrClN6S/c17-13-6-3-4-11(8-13)10-25-16-23-22-15(24(16)19)21-20-9-12-5-1-2-7-14(12)18/h1-9H,10,19H2,(H,21,22)/b20-9+. The molecule has 0 spiro atoms. The zero-order chi connectivity index (χ0) is 17.6. The van der Waals surface area contributed by atoms with Crippen molar-refractivity contribution in [3.8, 4) is 0 Å². The van der Waals surface area contributed by atoms with E-state index in [1.807, 2.05) is 36.4 Å². The van der Waals surface area contributed by atoms with Crippen molar-refractivity contribution >= 4 is 51.5 Å². The molecule has 0 atom stereocenters. The van der Waals surface area contributed by atoms with Crippen LogP contribution in [0.1, 0.15) is 11.1 Å². The Hall–Kier alpha value is -2.03. The molecule has 3 N–H and O–H groups in total. The van der Waals surface area contributed by atoms with Gasteiger partial charge in [0.1, 0.15) is 0 Å². The van der Waals surface area contributed by atoms with Crippen molar-refractivity contribution < 1.29 is 0 Å². The van der Waals surface area contributed by atoms with Crippen molar-refractivity contribution in [1.82, 2.24) is 14.9 Å². The van der Waals surface area contributed by atoms with Crippen molar-refractivity contribution in [2.75, 3.05) is 11.3 Å². The number of halogens is 2. The van der Waals surface area contributed by atoms with Gasteiger partial charge in [-0.2, -0.15) is 5.10 Å². The van der Waals surface area contributed by atoms with Gasteiger partial charge in [-0.25, -0.2) is 10.1 Å². The fourth-order valence-electron chi connectivity index (χ4n) is 1.97. The largest absolute Gasteiger partial charge is 0.334 e. The maximum Gasteiger partial charge on any atom is 0.264 e. The van der Waals surface area contributed by atoms with E-state index in [9.17, 15) is 0 Å². The van der Waals surface area contributed by atoms with Crippen molar-refractivity contribution in [2.45, 2.75) is 10.9 Å². The Morgan fingerprint density at radius 1 is 1.24 bits per heavy atom. The van der Waals surface area contributed by atoms with Gasteiger partial charge in [-0.3, -0.25) is 0 Å². The van der Waals surface area contributed by atoms with Gasteiger partial charge in [-0.1, -0.05) is 69.6 Å². The van der Waals surface area contributed by atoms with Crippen LogP contribution in [0, 0.1) is 0 Å². The molecule has 128 valence electrons. The van der Waals surface area contributed by atoms with Gasteiger partial charge in [-0.15, -0.1) is 10.2 Å². The van der Waals surface area contributed by atoms with E-state index in [4.69, 9.17) is 17.4 Å². The van der Waals surface area contributed by atoms with Crippen LogP contribution in [0.25, 0.3) is 0 Å². The summed E-state index contributed by atoms with van der Waals surface area (Å²) in [5, 5.41) is 13.4. The lowest BCUT2D eigenvalue weighted by molar-refractivity contribution is 0.847. The summed E-state index contributed by atoms with van der Waals surface area (Å²) in [6.45, 7) is 0. The molecular formula is C16H14BrClN6S. The molecule has 0 unspecified atom stereocenters. The predicted octanol–water partition coefficient (Wildman–Crippen LogP) is 4.15. The van der Waals surface area contributed by atoms with Crippen LogP contribution in [0.3, 0.4) is 0 Å². The normalized spacial score (nSPS) is 11.1. The first-order valence-electron chi connectivity index (χ1n) is 7.25. The Kier molecular flexibility index (Phi) is 5.95. The lowest BCUT2D eigenvalue weighted by Gasteiger charge is -2.03. The number of nitrogens with two attached hydrogens (primary N) is 1. The Bertz CT molecular complexity index is 898. The maximum atomic E-state index is 6.07. The van der Waals surface area contributed by atoms with Gasteiger partial charge in [0.2, 0.25) is 5.16 Å². The molecule has 0 aliphatic carbocycles. The van der Waals surface area contributed by atoms with Gasteiger partial charge in [-0.05, 0) is 23.8 Å². The van der Waals surface area contributed by atoms with Crippen LogP contribution in [0.2, 0.25) is 5.02 Å². The maximum absolute atomic E-state index is 6.07. The van der Waals surface area contributed by atoms with E-state index < -0.39 is 0 Å². The highest BCUT2D eigenvalue weighted by atomic mass is 79.9. The van der Waals surface area contributed by atoms with Gasteiger partial charge in [0.05, 0.1) is 6.21 Å². The molecule has 0 amide bonds. The SMILES string of the molecule is Nn1c(N/N=C/c2ccccc2Cl)nnc1SCc1cccc(Br)c1. The number of nitrogens with zero attached hydrogens (tertiary/aromatic N) is 4. The van der Waals surface area contributed by atoms with Gasteiger partial charge in [0.25, 0.3) is 5.95 Å². The van der Waals surface area contributed by atoms with E-state index in [2.05, 4.69) is 42.7 Å². The first kappa shape index (κ1) is 17.8. The molecule has 2 aromatic carbocycles. The highest BCUT2D eigenvalue weighted by Crippen LogP contribution is 2.23. The third kappa shape index (κ3) is 4.75. The Morgan fingerprint density at radius 2 is 2.08 bits per heavy atom. The Labute approximate surface area is 162 Å². The summed E-state index contributed by atoms with van der Waals surface area (Å²) < 4.78 is 2.41. The highest BCUT2D eigenvalue weighted by Gasteiger charge is 2.09. The molecule has 6 nitrogen and oxygen atoms in total. The number of rotatable bonds is 6. The number of hydrogen-bond acceptors (Lipinski definition) is 6. The highest BCUT2D eigenvalue weighted by molar-refractivity contribution is 9.10. The van der Waals surface area contributed by atoms with E-state index in [0.717, 1.165) is 21.4 Å².